The number of hydrogen-bond acceptors (Lipinski definition) is 12. The van der Waals surface area contributed by atoms with Gasteiger partial charge in [0.15, 0.2) is 18.0 Å². The number of carbonyl (C=O) groups is 5. The summed E-state index contributed by atoms with van der Waals surface area (Å²) in [6.07, 6.45) is -2.62. The standard InChI is InChI=1S/C36H56N2O12/c1-22(2)29(39)18-45-14-27(16-47-31(41)24(5)6)49-33(43)37-21-36(11)13-26(12-35(9,10)20-36)38-34(44)50-28(17-48-32(42)25(7)8)15-46-19-30(40)23(3)4/h26-28,30,40H,1,3,5,7,12-21H2,2,4,6,8-11H3,(H,37,43)(H,38,44). The molecule has 1 aliphatic carbocycles. The molecule has 0 bridgehead atoms. The maximum absolute atomic E-state index is 13.1. The van der Waals surface area contributed by atoms with Crippen molar-refractivity contribution >= 4 is 29.9 Å². The smallest absolute Gasteiger partial charge is 0.407 e. The first kappa shape index (κ1) is 44.0. The fraction of sp³-hybridized carbons (Fsp3) is 0.639. The van der Waals surface area contributed by atoms with Crippen molar-refractivity contribution in [3.63, 3.8) is 0 Å². The van der Waals surface area contributed by atoms with E-state index in [9.17, 15) is 29.1 Å². The maximum atomic E-state index is 13.1. The molecule has 0 aromatic rings. The average Bonchev–Trinajstić information content (AvgIpc) is 2.99. The lowest BCUT2D eigenvalue weighted by atomic mass is 9.62. The Labute approximate surface area is 295 Å². The molecule has 1 aliphatic rings. The minimum Gasteiger partial charge on any atom is -0.458 e. The van der Waals surface area contributed by atoms with E-state index in [1.807, 2.05) is 6.92 Å². The van der Waals surface area contributed by atoms with Crippen molar-refractivity contribution in [3.05, 3.63) is 48.6 Å². The number of rotatable bonds is 21. The number of esters is 2. The molecule has 14 heteroatoms. The molecule has 5 atom stereocenters. The first-order valence-corrected chi connectivity index (χ1v) is 16.4. The van der Waals surface area contributed by atoms with Gasteiger partial charge in [0.05, 0.1) is 25.9 Å². The second kappa shape index (κ2) is 20.6. The number of aliphatic hydroxyl groups excluding tert-OH is 1. The molecule has 0 radical (unpaired) electrons. The summed E-state index contributed by atoms with van der Waals surface area (Å²) in [6.45, 7) is 25.4. The number of amides is 2. The summed E-state index contributed by atoms with van der Waals surface area (Å²) >= 11 is 0. The van der Waals surface area contributed by atoms with Crippen molar-refractivity contribution in [1.82, 2.24) is 10.6 Å². The lowest BCUT2D eigenvalue weighted by Gasteiger charge is -2.46. The van der Waals surface area contributed by atoms with E-state index < -0.39 is 47.9 Å². The fourth-order valence-corrected chi connectivity index (χ4v) is 5.38. The quantitative estimate of drug-likeness (QED) is 0.0672. The van der Waals surface area contributed by atoms with Gasteiger partial charge in [0.25, 0.3) is 0 Å². The number of aliphatic hydroxyl groups is 1. The van der Waals surface area contributed by atoms with Crippen molar-refractivity contribution in [2.75, 3.05) is 46.2 Å². The largest absolute Gasteiger partial charge is 0.458 e. The average molecular weight is 709 g/mol. The first-order valence-electron chi connectivity index (χ1n) is 16.4. The van der Waals surface area contributed by atoms with Crippen molar-refractivity contribution < 1.29 is 57.5 Å². The second-order valence-electron chi connectivity index (χ2n) is 14.2. The van der Waals surface area contributed by atoms with Crippen LogP contribution in [0.3, 0.4) is 0 Å². The zero-order valence-corrected chi connectivity index (χ0v) is 30.6. The Morgan fingerprint density at radius 1 is 0.740 bits per heavy atom. The number of nitrogens with one attached hydrogen (secondary N) is 2. The van der Waals surface area contributed by atoms with Crippen LogP contribution >= 0.6 is 0 Å². The van der Waals surface area contributed by atoms with Gasteiger partial charge in [0.2, 0.25) is 0 Å². The van der Waals surface area contributed by atoms with Gasteiger partial charge in [-0.2, -0.15) is 0 Å². The Morgan fingerprint density at radius 3 is 1.76 bits per heavy atom. The van der Waals surface area contributed by atoms with Gasteiger partial charge in [-0.1, -0.05) is 47.1 Å². The summed E-state index contributed by atoms with van der Waals surface area (Å²) < 4.78 is 32.2. The molecule has 5 unspecified atom stereocenters. The van der Waals surface area contributed by atoms with Gasteiger partial charge >= 0.3 is 24.1 Å². The van der Waals surface area contributed by atoms with Crippen LogP contribution in [0, 0.1) is 10.8 Å². The van der Waals surface area contributed by atoms with Gasteiger partial charge < -0.3 is 44.2 Å². The predicted octanol–water partition coefficient (Wildman–Crippen LogP) is 4.12. The van der Waals surface area contributed by atoms with Crippen LogP contribution < -0.4 is 10.6 Å². The van der Waals surface area contributed by atoms with Gasteiger partial charge in [-0.3, -0.25) is 4.79 Å². The summed E-state index contributed by atoms with van der Waals surface area (Å²) in [6, 6.07) is -0.340. The molecule has 0 aromatic heterocycles. The summed E-state index contributed by atoms with van der Waals surface area (Å²) in [5.41, 5.74) is 0.440. The highest BCUT2D eigenvalue weighted by atomic mass is 16.6. The lowest BCUT2D eigenvalue weighted by molar-refractivity contribution is -0.144. The Morgan fingerprint density at radius 2 is 1.26 bits per heavy atom. The zero-order chi connectivity index (χ0) is 38.2. The molecular weight excluding hydrogens is 652 g/mol. The van der Waals surface area contributed by atoms with Crippen LogP contribution in [-0.2, 0) is 42.8 Å². The van der Waals surface area contributed by atoms with Crippen LogP contribution in [0.2, 0.25) is 0 Å². The van der Waals surface area contributed by atoms with Crippen molar-refractivity contribution in [2.45, 2.75) is 92.1 Å². The molecule has 0 aromatic carbocycles. The molecule has 1 saturated carbocycles. The van der Waals surface area contributed by atoms with Crippen LogP contribution in [0.5, 0.6) is 0 Å². The van der Waals surface area contributed by atoms with E-state index in [2.05, 4.69) is 50.8 Å². The second-order valence-corrected chi connectivity index (χ2v) is 14.2. The minimum absolute atomic E-state index is 0.0854. The third-order valence-electron chi connectivity index (χ3n) is 7.63. The molecule has 1 rings (SSSR count). The van der Waals surface area contributed by atoms with E-state index in [4.69, 9.17) is 28.4 Å². The van der Waals surface area contributed by atoms with E-state index in [0.717, 1.165) is 0 Å². The number of alkyl carbamates (subject to hydrolysis) is 2. The molecule has 14 nitrogen and oxygen atoms in total. The van der Waals surface area contributed by atoms with E-state index in [1.54, 1.807) is 13.8 Å². The van der Waals surface area contributed by atoms with Gasteiger partial charge in [-0.25, -0.2) is 19.2 Å². The van der Waals surface area contributed by atoms with E-state index in [0.29, 0.717) is 30.4 Å². The highest BCUT2D eigenvalue weighted by Gasteiger charge is 2.42. The first-order chi connectivity index (χ1) is 23.1. The zero-order valence-electron chi connectivity index (χ0n) is 30.6. The third kappa shape index (κ3) is 17.6. The molecule has 282 valence electrons. The Bertz CT molecular complexity index is 1280. The number of Topliss-reactive ketones (excluding diaryl/α,β-unsaturated/α-hetero) is 1. The van der Waals surface area contributed by atoms with Gasteiger partial charge in [-0.15, -0.1) is 0 Å². The number of carbonyl (C=O) groups excluding carboxylic acids is 5. The van der Waals surface area contributed by atoms with E-state index >= 15 is 0 Å². The summed E-state index contributed by atoms with van der Waals surface area (Å²) in [4.78, 5) is 61.7. The number of ether oxygens (including phenoxy) is 6. The van der Waals surface area contributed by atoms with E-state index in [1.165, 1.54) is 13.8 Å². The Kier molecular flexibility index (Phi) is 18.1. The fourth-order valence-electron chi connectivity index (χ4n) is 5.38. The van der Waals surface area contributed by atoms with Crippen LogP contribution in [0.25, 0.3) is 0 Å². The molecule has 2 amide bonds. The highest BCUT2D eigenvalue weighted by Crippen LogP contribution is 2.45. The molecule has 50 heavy (non-hydrogen) atoms. The van der Waals surface area contributed by atoms with E-state index in [-0.39, 0.29) is 74.6 Å². The topological polar surface area (TPSA) is 185 Å². The monoisotopic (exact) mass is 708 g/mol. The molecule has 3 N–H and O–H groups in total. The predicted molar refractivity (Wildman–Crippen MR) is 185 cm³/mol. The van der Waals surface area contributed by atoms with Crippen molar-refractivity contribution in [2.24, 2.45) is 10.8 Å². The Balaban J connectivity index is 2.87. The molecule has 0 heterocycles. The summed E-state index contributed by atoms with van der Waals surface area (Å²) in [5.74, 6) is -1.64. The molecule has 0 saturated heterocycles. The van der Waals surface area contributed by atoms with Gasteiger partial charge in [0.1, 0.15) is 19.8 Å². The lowest BCUT2D eigenvalue weighted by Crippen LogP contribution is -2.51. The number of ketones is 1. The van der Waals surface area contributed by atoms with Crippen LogP contribution in [0.15, 0.2) is 48.6 Å². The maximum Gasteiger partial charge on any atom is 0.407 e. The summed E-state index contributed by atoms with van der Waals surface area (Å²) in [5, 5.41) is 15.6. The Hall–Kier alpha value is -4.01. The highest BCUT2D eigenvalue weighted by molar-refractivity contribution is 5.95. The summed E-state index contributed by atoms with van der Waals surface area (Å²) in [7, 11) is 0. The molecular formula is C36H56N2O12. The van der Waals surface area contributed by atoms with Crippen molar-refractivity contribution in [3.8, 4) is 0 Å². The van der Waals surface area contributed by atoms with Crippen LogP contribution in [0.4, 0.5) is 9.59 Å². The third-order valence-corrected chi connectivity index (χ3v) is 7.63. The van der Waals surface area contributed by atoms with Gasteiger partial charge in [0, 0.05) is 23.7 Å². The number of hydrogen-bond donors (Lipinski definition) is 3. The van der Waals surface area contributed by atoms with Crippen molar-refractivity contribution in [1.29, 1.82) is 0 Å². The molecule has 0 spiro atoms. The van der Waals surface area contributed by atoms with Crippen LogP contribution in [0.1, 0.15) is 67.7 Å². The molecule has 0 aliphatic heterocycles. The minimum atomic E-state index is -1.01. The van der Waals surface area contributed by atoms with Gasteiger partial charge in [-0.05, 0) is 68.9 Å². The molecule has 1 fully saturated rings. The van der Waals surface area contributed by atoms with Crippen LogP contribution in [-0.4, -0.2) is 106 Å². The SMILES string of the molecule is C=C(C)C(=O)COCC(COC(=O)C(=C)C)OC(=O)NCC1(C)CC(NC(=O)OC(COCC(O)C(=C)C)COC(=O)C(=C)C)CC(C)(C)C1. The normalized spacial score (nSPS) is 19.8.